The van der Waals surface area contributed by atoms with Crippen LogP contribution in [0.5, 0.6) is 0 Å². The maximum Gasteiger partial charge on any atom is 0.340 e. The lowest BCUT2D eigenvalue weighted by molar-refractivity contribution is 0.0955. The lowest BCUT2D eigenvalue weighted by Crippen LogP contribution is -2.30. The summed E-state index contributed by atoms with van der Waals surface area (Å²) in [5, 5.41) is 12.3. The van der Waals surface area contributed by atoms with Crippen molar-refractivity contribution in [2.24, 2.45) is 0 Å². The highest BCUT2D eigenvalue weighted by Crippen LogP contribution is 2.17. The van der Waals surface area contributed by atoms with Crippen LogP contribution in [0, 0.1) is 6.92 Å². The average Bonchev–Trinajstić information content (AvgIpc) is 3.34. The van der Waals surface area contributed by atoms with E-state index < -0.39 is 5.91 Å². The van der Waals surface area contributed by atoms with Gasteiger partial charge in [0.05, 0.1) is 11.4 Å². The Morgan fingerprint density at radius 3 is 2.82 bits per heavy atom. The Morgan fingerprint density at radius 2 is 2.04 bits per heavy atom. The molecule has 3 aromatic heterocycles. The number of hydrogen-bond donors (Lipinski definition) is 2. The summed E-state index contributed by atoms with van der Waals surface area (Å²) < 4.78 is 6.58. The Labute approximate surface area is 163 Å². The van der Waals surface area contributed by atoms with Crippen molar-refractivity contribution in [2.45, 2.75) is 6.92 Å². The van der Waals surface area contributed by atoms with E-state index in [9.17, 15) is 4.79 Å². The van der Waals surface area contributed by atoms with E-state index in [4.69, 9.17) is 16.1 Å². The molecule has 4 aromatic rings. The Hall–Kier alpha value is -3.79. The van der Waals surface area contributed by atoms with Gasteiger partial charge in [0.1, 0.15) is 0 Å². The number of benzene rings is 1. The Kier molecular flexibility index (Phi) is 4.68. The average molecular weight is 397 g/mol. The van der Waals surface area contributed by atoms with Crippen molar-refractivity contribution in [3.05, 3.63) is 65.2 Å². The molecule has 28 heavy (non-hydrogen) atoms. The number of rotatable bonds is 5. The Morgan fingerprint density at radius 1 is 1.21 bits per heavy atom. The summed E-state index contributed by atoms with van der Waals surface area (Å²) in [5.41, 5.74) is 7.14. The number of anilines is 1. The van der Waals surface area contributed by atoms with Crippen molar-refractivity contribution in [1.82, 2.24) is 35.5 Å². The summed E-state index contributed by atoms with van der Waals surface area (Å²) in [6.45, 7) is 1.73. The summed E-state index contributed by atoms with van der Waals surface area (Å²) in [5.74, 6) is -0.142. The van der Waals surface area contributed by atoms with Crippen molar-refractivity contribution in [1.29, 1.82) is 0 Å². The molecule has 0 radical (unpaired) electrons. The smallest absolute Gasteiger partial charge is 0.313 e. The van der Waals surface area contributed by atoms with Gasteiger partial charge in [-0.2, -0.15) is 4.98 Å². The zero-order valence-electron chi connectivity index (χ0n) is 14.5. The lowest BCUT2D eigenvalue weighted by Gasteiger charge is -2.05. The zero-order valence-corrected chi connectivity index (χ0v) is 15.3. The van der Waals surface area contributed by atoms with E-state index in [0.29, 0.717) is 22.2 Å². The van der Waals surface area contributed by atoms with Crippen LogP contribution in [0.15, 0.2) is 53.3 Å². The minimum atomic E-state index is -0.505. The highest BCUT2D eigenvalue weighted by molar-refractivity contribution is 6.30. The van der Waals surface area contributed by atoms with Crippen molar-refractivity contribution >= 4 is 23.5 Å². The third-order valence-electron chi connectivity index (χ3n) is 3.81. The summed E-state index contributed by atoms with van der Waals surface area (Å²) >= 11 is 6.00. The number of nitrogens with zero attached hydrogens (tertiary/aromatic N) is 6. The standard InChI is InChI=1S/C17H13ClN8O2/c1-10-14(21-25-26(10)13-4-2-3-12(18)9-13)16(27)22-23-17-20-15(24-28-17)11-5-7-19-8-6-11/h2-9H,1H3,(H,22,27)(H,20,23,24). The van der Waals surface area contributed by atoms with Crippen LogP contribution in [0.25, 0.3) is 17.1 Å². The van der Waals surface area contributed by atoms with Gasteiger partial charge >= 0.3 is 6.01 Å². The number of pyridine rings is 1. The van der Waals surface area contributed by atoms with Gasteiger partial charge in [-0.1, -0.05) is 28.0 Å². The maximum atomic E-state index is 12.4. The molecule has 0 saturated carbocycles. The van der Waals surface area contributed by atoms with Gasteiger partial charge in [-0.05, 0) is 37.3 Å². The molecular weight excluding hydrogens is 384 g/mol. The molecule has 1 amide bonds. The van der Waals surface area contributed by atoms with Gasteiger partial charge in [0, 0.05) is 23.0 Å². The quantitative estimate of drug-likeness (QED) is 0.493. The second kappa shape index (κ2) is 7.45. The largest absolute Gasteiger partial charge is 0.340 e. The van der Waals surface area contributed by atoms with Crippen LogP contribution >= 0.6 is 11.6 Å². The van der Waals surface area contributed by atoms with Gasteiger partial charge in [-0.3, -0.25) is 15.2 Å². The molecule has 2 N–H and O–H groups in total. The van der Waals surface area contributed by atoms with Gasteiger partial charge < -0.3 is 4.52 Å². The van der Waals surface area contributed by atoms with Gasteiger partial charge in [0.15, 0.2) is 5.69 Å². The molecule has 11 heteroatoms. The van der Waals surface area contributed by atoms with Crippen LogP contribution in [-0.4, -0.2) is 36.0 Å². The molecule has 1 aromatic carbocycles. The molecule has 0 spiro atoms. The SMILES string of the molecule is Cc1c(C(=O)NNc2nc(-c3ccncc3)no2)nnn1-c1cccc(Cl)c1. The van der Waals surface area contributed by atoms with E-state index in [2.05, 4.69) is 36.3 Å². The van der Waals surface area contributed by atoms with Crippen molar-refractivity contribution in [2.75, 3.05) is 5.43 Å². The molecule has 0 atom stereocenters. The fourth-order valence-electron chi connectivity index (χ4n) is 2.45. The van der Waals surface area contributed by atoms with E-state index in [1.165, 1.54) is 4.68 Å². The van der Waals surface area contributed by atoms with E-state index >= 15 is 0 Å². The zero-order chi connectivity index (χ0) is 19.5. The summed E-state index contributed by atoms with van der Waals surface area (Å²) in [6, 6.07) is 10.6. The van der Waals surface area contributed by atoms with E-state index in [-0.39, 0.29) is 11.7 Å². The third-order valence-corrected chi connectivity index (χ3v) is 4.05. The number of amides is 1. The molecule has 4 rings (SSSR count). The van der Waals surface area contributed by atoms with Crippen LogP contribution < -0.4 is 10.9 Å². The van der Waals surface area contributed by atoms with Gasteiger partial charge in [-0.25, -0.2) is 10.1 Å². The number of hydrazine groups is 1. The number of nitrogens with one attached hydrogen (secondary N) is 2. The minimum absolute atomic E-state index is 0.0278. The predicted molar refractivity (Wildman–Crippen MR) is 99.7 cm³/mol. The van der Waals surface area contributed by atoms with Gasteiger partial charge in [0.2, 0.25) is 5.82 Å². The Bertz CT molecular complexity index is 1130. The van der Waals surface area contributed by atoms with Crippen LogP contribution in [0.1, 0.15) is 16.2 Å². The molecule has 0 fully saturated rings. The summed E-state index contributed by atoms with van der Waals surface area (Å²) in [7, 11) is 0. The van der Waals surface area contributed by atoms with Crippen LogP contribution in [-0.2, 0) is 0 Å². The molecule has 0 aliphatic heterocycles. The number of carbonyl (C=O) groups is 1. The summed E-state index contributed by atoms with van der Waals surface area (Å²) in [4.78, 5) is 20.5. The van der Waals surface area contributed by atoms with Crippen LogP contribution in [0.3, 0.4) is 0 Å². The van der Waals surface area contributed by atoms with Gasteiger partial charge in [-0.15, -0.1) is 5.10 Å². The van der Waals surface area contributed by atoms with Crippen molar-refractivity contribution < 1.29 is 9.32 Å². The van der Waals surface area contributed by atoms with Crippen LogP contribution in [0.2, 0.25) is 5.02 Å². The van der Waals surface area contributed by atoms with Gasteiger partial charge in [0.25, 0.3) is 5.91 Å². The predicted octanol–water partition coefficient (Wildman–Crippen LogP) is 2.43. The minimum Gasteiger partial charge on any atom is -0.313 e. The molecule has 0 aliphatic carbocycles. The molecule has 0 aliphatic rings. The Balaban J connectivity index is 1.46. The highest BCUT2D eigenvalue weighted by atomic mass is 35.5. The first-order chi connectivity index (χ1) is 13.6. The first-order valence-electron chi connectivity index (χ1n) is 8.10. The number of halogens is 1. The monoisotopic (exact) mass is 396 g/mol. The number of hydrogen-bond acceptors (Lipinski definition) is 8. The topological polar surface area (TPSA) is 124 Å². The van der Waals surface area contributed by atoms with Crippen molar-refractivity contribution in [3.8, 4) is 17.1 Å². The van der Waals surface area contributed by atoms with E-state index in [1.807, 2.05) is 6.07 Å². The number of aromatic nitrogens is 6. The lowest BCUT2D eigenvalue weighted by atomic mass is 10.3. The summed E-state index contributed by atoms with van der Waals surface area (Å²) in [6.07, 6.45) is 3.24. The van der Waals surface area contributed by atoms with Crippen molar-refractivity contribution in [3.63, 3.8) is 0 Å². The second-order valence-electron chi connectivity index (χ2n) is 5.65. The molecule has 0 bridgehead atoms. The normalized spacial score (nSPS) is 10.6. The second-order valence-corrected chi connectivity index (χ2v) is 6.09. The molecule has 3 heterocycles. The molecule has 140 valence electrons. The molecule has 0 unspecified atom stereocenters. The first kappa shape index (κ1) is 17.6. The fourth-order valence-corrected chi connectivity index (χ4v) is 2.64. The van der Waals surface area contributed by atoms with E-state index in [0.717, 1.165) is 5.56 Å². The molecule has 0 saturated heterocycles. The molecule has 10 nitrogen and oxygen atoms in total. The number of carbonyl (C=O) groups excluding carboxylic acids is 1. The molecular formula is C17H13ClN8O2. The fraction of sp³-hybridized carbons (Fsp3) is 0.0588. The highest BCUT2D eigenvalue weighted by Gasteiger charge is 2.18. The third kappa shape index (κ3) is 3.53. The maximum absolute atomic E-state index is 12.4. The van der Waals surface area contributed by atoms with Crippen LogP contribution in [0.4, 0.5) is 6.01 Å². The van der Waals surface area contributed by atoms with E-state index in [1.54, 1.807) is 49.6 Å². The first-order valence-corrected chi connectivity index (χ1v) is 8.48.